The van der Waals surface area contributed by atoms with Gasteiger partial charge in [-0.2, -0.15) is 0 Å². The molecule has 2 aromatic rings. The van der Waals surface area contributed by atoms with Gasteiger partial charge in [-0.1, -0.05) is 36.4 Å². The van der Waals surface area contributed by atoms with Crippen LogP contribution in [0.25, 0.3) is 0 Å². The maximum Gasteiger partial charge on any atom is 0.338 e. The summed E-state index contributed by atoms with van der Waals surface area (Å²) in [6.07, 6.45) is -7.84. The molecule has 4 aliphatic heterocycles. The number of aliphatic hydroxyl groups is 3. The molecule has 0 radical (unpaired) electrons. The van der Waals surface area contributed by atoms with Crippen molar-refractivity contribution >= 4 is 11.9 Å². The minimum Gasteiger partial charge on any atom is -0.459 e. The van der Waals surface area contributed by atoms with Gasteiger partial charge in [-0.15, -0.1) is 0 Å². The third-order valence-electron chi connectivity index (χ3n) is 10.6. The Morgan fingerprint density at radius 3 is 2.19 bits per heavy atom. The van der Waals surface area contributed by atoms with E-state index in [1.54, 1.807) is 61.7 Å². The highest BCUT2D eigenvalue weighted by Gasteiger charge is 3.13. The fourth-order valence-corrected chi connectivity index (χ4v) is 8.85. The molecule has 228 valence electrons. The van der Waals surface area contributed by atoms with Crippen molar-refractivity contribution in [3.8, 4) is 0 Å². The fraction of sp³-hybridized carbons (Fsp3) is 0.548. The van der Waals surface area contributed by atoms with Crippen LogP contribution < -0.4 is 0 Å². The quantitative estimate of drug-likeness (QED) is 0.371. The number of esters is 2. The van der Waals surface area contributed by atoms with Crippen molar-refractivity contribution in [1.82, 2.24) is 0 Å². The molecule has 0 amide bonds. The van der Waals surface area contributed by atoms with E-state index in [2.05, 4.69) is 0 Å². The second kappa shape index (κ2) is 8.83. The molecule has 3 saturated carbocycles. The average Bonchev–Trinajstić information content (AvgIpc) is 3.38. The third kappa shape index (κ3) is 3.17. The van der Waals surface area contributed by atoms with Gasteiger partial charge in [0.1, 0.15) is 53.2 Å². The summed E-state index contributed by atoms with van der Waals surface area (Å²) >= 11 is 0. The van der Waals surface area contributed by atoms with E-state index in [0.717, 1.165) is 0 Å². The van der Waals surface area contributed by atoms with E-state index in [9.17, 15) is 24.9 Å². The topological polar surface area (TPSA) is 159 Å². The summed E-state index contributed by atoms with van der Waals surface area (Å²) in [6, 6.07) is 17.0. The number of carbonyl (C=O) groups is 2. The molecule has 7 aliphatic rings. The second-order valence-electron chi connectivity index (χ2n) is 12.5. The van der Waals surface area contributed by atoms with E-state index < -0.39 is 89.5 Å². The van der Waals surface area contributed by atoms with Crippen LogP contribution in [0.15, 0.2) is 60.7 Å². The van der Waals surface area contributed by atoms with E-state index in [4.69, 9.17) is 33.2 Å². The Bertz CT molecular complexity index is 1470. The number of carbonyl (C=O) groups excluding carboxylic acids is 2. The van der Waals surface area contributed by atoms with Crippen LogP contribution in [0.3, 0.4) is 0 Å². The zero-order valence-corrected chi connectivity index (χ0v) is 23.5. The van der Waals surface area contributed by atoms with E-state index in [-0.39, 0.29) is 12.8 Å². The predicted octanol–water partition coefficient (Wildman–Crippen LogP) is 0.914. The van der Waals surface area contributed by atoms with Crippen LogP contribution in [-0.4, -0.2) is 101 Å². The zero-order valence-electron chi connectivity index (χ0n) is 23.5. The normalized spacial score (nSPS) is 47.9. The number of ether oxygens (including phenoxy) is 7. The van der Waals surface area contributed by atoms with Gasteiger partial charge in [0, 0.05) is 20.0 Å². The molecule has 12 nitrogen and oxygen atoms in total. The number of hydrogen-bond acceptors (Lipinski definition) is 12. The molecular formula is C31H32O12. The van der Waals surface area contributed by atoms with Crippen molar-refractivity contribution in [2.45, 2.75) is 79.4 Å². The smallest absolute Gasteiger partial charge is 0.338 e. The maximum atomic E-state index is 13.3. The second-order valence-corrected chi connectivity index (χ2v) is 12.5. The van der Waals surface area contributed by atoms with Crippen molar-refractivity contribution in [2.75, 3.05) is 13.7 Å². The summed E-state index contributed by atoms with van der Waals surface area (Å²) in [4.78, 5) is 25.8. The Morgan fingerprint density at radius 2 is 1.53 bits per heavy atom. The summed E-state index contributed by atoms with van der Waals surface area (Å²) in [5.41, 5.74) is -3.38. The van der Waals surface area contributed by atoms with Crippen LogP contribution in [0.4, 0.5) is 0 Å². The highest BCUT2D eigenvalue weighted by molar-refractivity contribution is 5.90. The van der Waals surface area contributed by atoms with Gasteiger partial charge in [0.15, 0.2) is 18.4 Å². The highest BCUT2D eigenvalue weighted by atomic mass is 16.8. The SMILES string of the molecule is CO[C@]12C[C@]3(C)OC(O1)[C@@]14[C@H]2C1(OC(=O)c1ccccc1)C[C@]34O[C@@H]1OC(COC(=O)c2ccccc2)[C@@H](O)[C@H](O)C1O. The highest BCUT2D eigenvalue weighted by Crippen LogP contribution is 2.97. The van der Waals surface area contributed by atoms with Crippen LogP contribution in [0.1, 0.15) is 40.5 Å². The molecule has 43 heavy (non-hydrogen) atoms. The third-order valence-corrected chi connectivity index (χ3v) is 10.6. The van der Waals surface area contributed by atoms with Gasteiger partial charge in [0.25, 0.3) is 0 Å². The first-order valence-corrected chi connectivity index (χ1v) is 14.4. The van der Waals surface area contributed by atoms with Crippen molar-refractivity contribution in [2.24, 2.45) is 11.3 Å². The number of aliphatic hydroxyl groups excluding tert-OH is 3. The van der Waals surface area contributed by atoms with E-state index in [1.807, 2.05) is 13.0 Å². The molecule has 12 heteroatoms. The lowest BCUT2D eigenvalue weighted by molar-refractivity contribution is -0.376. The Kier molecular flexibility index (Phi) is 5.67. The molecule has 4 bridgehead atoms. The van der Waals surface area contributed by atoms with E-state index >= 15 is 0 Å². The Hall–Kier alpha value is -2.94. The largest absolute Gasteiger partial charge is 0.459 e. The van der Waals surface area contributed by atoms with Gasteiger partial charge in [-0.25, -0.2) is 9.59 Å². The molecule has 0 aromatic heterocycles. The van der Waals surface area contributed by atoms with Crippen LogP contribution in [0.5, 0.6) is 0 Å². The molecule has 3 aliphatic carbocycles. The van der Waals surface area contributed by atoms with Crippen molar-refractivity contribution in [1.29, 1.82) is 0 Å². The van der Waals surface area contributed by atoms with Gasteiger partial charge in [-0.3, -0.25) is 0 Å². The van der Waals surface area contributed by atoms with Crippen LogP contribution in [0.2, 0.25) is 0 Å². The average molecular weight is 597 g/mol. The number of methoxy groups -OCH3 is 1. The molecule has 12 atom stereocenters. The molecule has 7 fully saturated rings. The minimum absolute atomic E-state index is 0.212. The lowest BCUT2D eigenvalue weighted by atomic mass is 9.58. The fourth-order valence-electron chi connectivity index (χ4n) is 8.85. The van der Waals surface area contributed by atoms with Gasteiger partial charge in [0.2, 0.25) is 0 Å². The summed E-state index contributed by atoms with van der Waals surface area (Å²) in [5.74, 6) is -2.60. The Labute approximate surface area is 246 Å². The van der Waals surface area contributed by atoms with Gasteiger partial charge < -0.3 is 48.5 Å². The molecule has 3 N–H and O–H groups in total. The standard InChI is InChI=1S/C31H32O12/c1-27-14-29(37-2)25-28(40-23(36)17-11-7-4-8-12-17)15-30(27,31(25,28)26(42-27)43-29)41-24-21(34)20(33)19(32)18(39-24)13-38-22(35)16-9-5-3-6-10-16/h3-12,18-21,24-26,32-34H,13-15H2,1-2H3/t18?,19-,20+,21?,24+,25+,26?,27+,28?,29-,30+,31+/m1/s1. The Balaban J connectivity index is 1.07. The number of rotatable bonds is 8. The van der Waals surface area contributed by atoms with E-state index in [1.165, 1.54) is 0 Å². The molecular weight excluding hydrogens is 564 g/mol. The first kappa shape index (κ1) is 27.6. The molecule has 4 heterocycles. The van der Waals surface area contributed by atoms with Crippen molar-refractivity contribution in [3.63, 3.8) is 0 Å². The van der Waals surface area contributed by atoms with Gasteiger partial charge >= 0.3 is 11.9 Å². The number of hydrogen-bond donors (Lipinski definition) is 3. The van der Waals surface area contributed by atoms with Gasteiger partial charge in [0.05, 0.1) is 17.0 Å². The number of benzene rings is 2. The Morgan fingerprint density at radius 1 is 0.884 bits per heavy atom. The first-order chi connectivity index (χ1) is 20.6. The monoisotopic (exact) mass is 596 g/mol. The molecule has 4 saturated heterocycles. The van der Waals surface area contributed by atoms with Crippen LogP contribution in [0, 0.1) is 11.3 Å². The summed E-state index contributed by atoms with van der Waals surface area (Å²) in [5, 5.41) is 32.4. The van der Waals surface area contributed by atoms with Crippen molar-refractivity contribution in [3.05, 3.63) is 71.8 Å². The lowest BCUT2D eigenvalue weighted by Gasteiger charge is -2.56. The molecule has 9 rings (SSSR count). The van der Waals surface area contributed by atoms with Crippen LogP contribution >= 0.6 is 0 Å². The van der Waals surface area contributed by atoms with E-state index in [0.29, 0.717) is 11.1 Å². The maximum absolute atomic E-state index is 13.3. The van der Waals surface area contributed by atoms with Crippen molar-refractivity contribution < 1.29 is 58.1 Å². The predicted molar refractivity (Wildman–Crippen MR) is 141 cm³/mol. The molecule has 4 unspecified atom stereocenters. The summed E-state index contributed by atoms with van der Waals surface area (Å²) in [6.45, 7) is 1.46. The zero-order chi connectivity index (χ0) is 30.0. The molecule has 1 spiro atoms. The summed E-state index contributed by atoms with van der Waals surface area (Å²) in [7, 11) is 1.55. The molecule has 2 aromatic carbocycles. The first-order valence-electron chi connectivity index (χ1n) is 14.4. The lowest BCUT2D eigenvalue weighted by Crippen LogP contribution is -2.71. The summed E-state index contributed by atoms with van der Waals surface area (Å²) < 4.78 is 42.8. The van der Waals surface area contributed by atoms with Gasteiger partial charge in [-0.05, 0) is 31.2 Å². The minimum atomic E-state index is -1.66. The van der Waals surface area contributed by atoms with Crippen LogP contribution in [-0.2, 0) is 33.2 Å².